The molecule has 2 saturated heterocycles. The van der Waals surface area contributed by atoms with Crippen LogP contribution in [0.5, 0.6) is 6.01 Å². The van der Waals surface area contributed by atoms with Gasteiger partial charge in [-0.3, -0.25) is 4.79 Å². The van der Waals surface area contributed by atoms with Gasteiger partial charge in [0.2, 0.25) is 6.41 Å². The number of benzene rings is 2. The van der Waals surface area contributed by atoms with Crippen molar-refractivity contribution in [2.24, 2.45) is 0 Å². The molecule has 1 spiro atoms. The van der Waals surface area contributed by atoms with Crippen molar-refractivity contribution in [2.45, 2.75) is 51.2 Å². The van der Waals surface area contributed by atoms with E-state index < -0.39 is 11.6 Å². The van der Waals surface area contributed by atoms with E-state index in [1.165, 1.54) is 12.1 Å². The fraction of sp³-hybridized carbons (Fsp3) is 0.438. The third-order valence-electron chi connectivity index (χ3n) is 8.93. The monoisotopic (exact) mass is 653 g/mol. The Morgan fingerprint density at radius 1 is 1.31 bits per heavy atom. The van der Waals surface area contributed by atoms with E-state index in [1.807, 2.05) is 24.9 Å². The van der Waals surface area contributed by atoms with Gasteiger partial charge in [-0.15, -0.1) is 11.3 Å². The molecule has 13 heteroatoms. The highest BCUT2D eigenvalue weighted by molar-refractivity contribution is 7.23. The molecule has 236 valence electrons. The molecular weight excluding hydrogens is 620 g/mol. The molecule has 6 rings (SSSR count). The lowest BCUT2D eigenvalue weighted by Gasteiger charge is -2.55. The number of nitriles is 1. The first kappa shape index (κ1) is 31.2. The Bertz CT molecular complexity index is 1850. The van der Waals surface area contributed by atoms with Gasteiger partial charge >= 0.3 is 6.01 Å². The number of nitrogens with two attached hydrogens (primary N) is 1. The van der Waals surface area contributed by atoms with Crippen molar-refractivity contribution in [3.8, 4) is 23.2 Å². The Balaban J connectivity index is 1.53. The SMILES string of the molecule is CCCN(C)CC(C)Oc1nc(N2CCCC3(CCN3C=O)C2)c2cc(Cl)c(-c3ccc(F)c4sc(N)c(C#N)c34)c(F)c2n1. The van der Waals surface area contributed by atoms with Crippen LogP contribution in [0.3, 0.4) is 0 Å². The number of halogens is 3. The van der Waals surface area contributed by atoms with Gasteiger partial charge in [-0.2, -0.15) is 15.2 Å². The Morgan fingerprint density at radius 3 is 2.80 bits per heavy atom. The van der Waals surface area contributed by atoms with E-state index in [4.69, 9.17) is 27.1 Å². The molecule has 4 heterocycles. The molecule has 2 aliphatic heterocycles. The van der Waals surface area contributed by atoms with Crippen LogP contribution in [-0.2, 0) is 4.79 Å². The fourth-order valence-corrected chi connectivity index (χ4v) is 8.03. The summed E-state index contributed by atoms with van der Waals surface area (Å²) in [4.78, 5) is 27.2. The molecule has 0 bridgehead atoms. The van der Waals surface area contributed by atoms with Crippen molar-refractivity contribution in [2.75, 3.05) is 50.4 Å². The molecule has 0 aliphatic carbocycles. The van der Waals surface area contributed by atoms with E-state index in [-0.39, 0.29) is 60.0 Å². The van der Waals surface area contributed by atoms with Crippen LogP contribution in [0.4, 0.5) is 19.6 Å². The Hall–Kier alpha value is -3.79. The van der Waals surface area contributed by atoms with Gasteiger partial charge in [0.15, 0.2) is 5.82 Å². The van der Waals surface area contributed by atoms with Crippen LogP contribution in [0.2, 0.25) is 5.02 Å². The molecule has 2 unspecified atom stereocenters. The summed E-state index contributed by atoms with van der Waals surface area (Å²) in [6.45, 7) is 7.40. The molecule has 2 aliphatic rings. The molecule has 2 aromatic carbocycles. The molecule has 0 radical (unpaired) electrons. The molecule has 2 aromatic heterocycles. The molecule has 2 atom stereocenters. The molecule has 9 nitrogen and oxygen atoms in total. The summed E-state index contributed by atoms with van der Waals surface area (Å²) in [6.07, 6.45) is 4.16. The summed E-state index contributed by atoms with van der Waals surface area (Å²) >= 11 is 7.77. The number of carbonyl (C=O) groups excluding carboxylic acids is 1. The van der Waals surface area contributed by atoms with E-state index in [1.54, 1.807) is 6.07 Å². The maximum Gasteiger partial charge on any atom is 0.319 e. The molecule has 4 aromatic rings. The van der Waals surface area contributed by atoms with Gasteiger partial charge in [0.25, 0.3) is 0 Å². The van der Waals surface area contributed by atoms with Gasteiger partial charge in [-0.25, -0.2) is 8.78 Å². The van der Waals surface area contributed by atoms with Crippen LogP contribution >= 0.6 is 22.9 Å². The molecule has 1 amide bonds. The average Bonchev–Trinajstić information content (AvgIpc) is 3.35. The number of ether oxygens (including phenoxy) is 1. The maximum absolute atomic E-state index is 16.9. The third kappa shape index (κ3) is 5.41. The molecule has 2 fully saturated rings. The van der Waals surface area contributed by atoms with E-state index >= 15 is 4.39 Å². The maximum atomic E-state index is 16.9. The molecule has 2 N–H and O–H groups in total. The summed E-state index contributed by atoms with van der Waals surface area (Å²) in [6, 6.07) is 6.29. The van der Waals surface area contributed by atoms with Crippen molar-refractivity contribution in [1.29, 1.82) is 5.26 Å². The second-order valence-corrected chi connectivity index (χ2v) is 13.5. The van der Waals surface area contributed by atoms with Crippen LogP contribution in [-0.4, -0.2) is 77.6 Å². The van der Waals surface area contributed by atoms with Gasteiger partial charge in [0.1, 0.15) is 34.3 Å². The highest BCUT2D eigenvalue weighted by Crippen LogP contribution is 2.46. The number of likely N-dealkylation sites (tertiary alicyclic amines) is 1. The zero-order valence-corrected chi connectivity index (χ0v) is 26.9. The van der Waals surface area contributed by atoms with Crippen LogP contribution in [0.25, 0.3) is 32.1 Å². The summed E-state index contributed by atoms with van der Waals surface area (Å²) in [5.41, 5.74) is 6.03. The molecule has 0 saturated carbocycles. The topological polar surface area (TPSA) is 112 Å². The van der Waals surface area contributed by atoms with Crippen molar-refractivity contribution in [3.05, 3.63) is 40.4 Å². The number of hydrogen-bond donors (Lipinski definition) is 1. The number of aromatic nitrogens is 2. The van der Waals surface area contributed by atoms with Crippen LogP contribution in [0, 0.1) is 23.0 Å². The summed E-state index contributed by atoms with van der Waals surface area (Å²) in [5.74, 6) is -0.839. The minimum absolute atomic E-state index is 0.0110. The van der Waals surface area contributed by atoms with Crippen LogP contribution in [0.15, 0.2) is 18.2 Å². The zero-order valence-electron chi connectivity index (χ0n) is 25.4. The Labute approximate surface area is 269 Å². The largest absolute Gasteiger partial charge is 0.459 e. The summed E-state index contributed by atoms with van der Waals surface area (Å²) in [5, 5.41) is 10.6. The van der Waals surface area contributed by atoms with Gasteiger partial charge in [-0.05, 0) is 63.9 Å². The summed E-state index contributed by atoms with van der Waals surface area (Å²) in [7, 11) is 2.00. The number of likely N-dealkylation sites (N-methyl/N-ethyl adjacent to an activating group) is 1. The predicted molar refractivity (Wildman–Crippen MR) is 174 cm³/mol. The second kappa shape index (κ2) is 12.2. The van der Waals surface area contributed by atoms with E-state index in [0.717, 1.165) is 50.0 Å². The van der Waals surface area contributed by atoms with Gasteiger partial charge in [-0.1, -0.05) is 24.6 Å². The zero-order chi connectivity index (χ0) is 32.0. The number of nitrogens with zero attached hydrogens (tertiary/aromatic N) is 6. The first-order valence-corrected chi connectivity index (χ1v) is 16.2. The van der Waals surface area contributed by atoms with Gasteiger partial charge in [0, 0.05) is 42.5 Å². The third-order valence-corrected chi connectivity index (χ3v) is 10.3. The van der Waals surface area contributed by atoms with Crippen LogP contribution < -0.4 is 15.4 Å². The first-order chi connectivity index (χ1) is 21.6. The number of amides is 1. The smallest absolute Gasteiger partial charge is 0.319 e. The number of thiophene rings is 1. The molecule has 45 heavy (non-hydrogen) atoms. The standard InChI is InChI=1S/C32H34ClF2N7O2S/c1-4-10-40(3)15-18(2)44-31-38-27-20(30(39-31)41-11-5-8-32(16-41)9-12-42(32)17-43)13-22(33)25(26(27)35)19-6-7-23(34)28-24(19)21(14-36)29(37)45-28/h6-7,13,17-18H,4-5,8-12,15-16,37H2,1-3H3. The summed E-state index contributed by atoms with van der Waals surface area (Å²) < 4.78 is 38.1. The van der Waals surface area contributed by atoms with Gasteiger partial charge in [0.05, 0.1) is 20.8 Å². The van der Waals surface area contributed by atoms with Crippen molar-refractivity contribution >= 4 is 61.2 Å². The van der Waals surface area contributed by atoms with Crippen molar-refractivity contribution < 1.29 is 18.3 Å². The normalized spacial score (nSPS) is 18.9. The quantitative estimate of drug-likeness (QED) is 0.212. The van der Waals surface area contributed by atoms with E-state index in [2.05, 4.69) is 21.7 Å². The highest BCUT2D eigenvalue weighted by atomic mass is 35.5. The average molecular weight is 654 g/mol. The van der Waals surface area contributed by atoms with Crippen molar-refractivity contribution in [1.82, 2.24) is 19.8 Å². The number of nitrogen functional groups attached to an aromatic ring is 1. The van der Waals surface area contributed by atoms with E-state index in [0.29, 0.717) is 37.4 Å². The van der Waals surface area contributed by atoms with Crippen LogP contribution in [0.1, 0.15) is 45.1 Å². The minimum Gasteiger partial charge on any atom is -0.459 e. The number of anilines is 2. The predicted octanol–water partition coefficient (Wildman–Crippen LogP) is 6.21. The van der Waals surface area contributed by atoms with Gasteiger partial charge < -0.3 is 25.2 Å². The lowest BCUT2D eigenvalue weighted by Crippen LogP contribution is -2.66. The number of piperidine rings is 1. The van der Waals surface area contributed by atoms with E-state index in [9.17, 15) is 14.4 Å². The lowest BCUT2D eigenvalue weighted by atomic mass is 9.78. The number of fused-ring (bicyclic) bond motifs is 2. The Morgan fingerprint density at radius 2 is 2.11 bits per heavy atom. The Kier molecular flexibility index (Phi) is 8.45. The number of rotatable bonds is 9. The lowest BCUT2D eigenvalue weighted by molar-refractivity contribution is -0.133. The minimum atomic E-state index is -0.742. The number of carbonyl (C=O) groups is 1. The fourth-order valence-electron chi connectivity index (χ4n) is 6.79. The van der Waals surface area contributed by atoms with Crippen molar-refractivity contribution in [3.63, 3.8) is 0 Å². The highest BCUT2D eigenvalue weighted by Gasteiger charge is 2.47. The second-order valence-electron chi connectivity index (χ2n) is 12.0. The number of hydrogen-bond acceptors (Lipinski definition) is 9. The molecular formula is C32H34ClF2N7O2S. The first-order valence-electron chi connectivity index (χ1n) is 15.0.